The number of rotatable bonds is 3. The molecule has 0 aliphatic carbocycles. The van der Waals surface area contributed by atoms with Crippen molar-refractivity contribution >= 4 is 23.2 Å². The van der Waals surface area contributed by atoms with Gasteiger partial charge in [0.2, 0.25) is 5.91 Å². The molecule has 0 fully saturated rings. The SMILES string of the molecule is CC(CC(=O)Nc1ccc(Cl)cc1C#CCO)C(C)(C)C. The lowest BCUT2D eigenvalue weighted by molar-refractivity contribution is -0.117. The van der Waals surface area contributed by atoms with E-state index in [-0.39, 0.29) is 23.8 Å². The Morgan fingerprint density at radius 1 is 1.43 bits per heavy atom. The van der Waals surface area contributed by atoms with E-state index in [2.05, 4.69) is 44.9 Å². The number of amides is 1. The first-order valence-electron chi connectivity index (χ1n) is 6.93. The zero-order valence-electron chi connectivity index (χ0n) is 13.0. The summed E-state index contributed by atoms with van der Waals surface area (Å²) in [7, 11) is 0. The third-order valence-electron chi connectivity index (χ3n) is 3.53. The van der Waals surface area contributed by atoms with Gasteiger partial charge in [0.1, 0.15) is 6.61 Å². The van der Waals surface area contributed by atoms with Gasteiger partial charge >= 0.3 is 0 Å². The van der Waals surface area contributed by atoms with Crippen molar-refractivity contribution in [2.75, 3.05) is 11.9 Å². The van der Waals surface area contributed by atoms with Crippen molar-refractivity contribution in [3.05, 3.63) is 28.8 Å². The lowest BCUT2D eigenvalue weighted by Gasteiger charge is -2.26. The van der Waals surface area contributed by atoms with E-state index in [1.165, 1.54) is 0 Å². The van der Waals surface area contributed by atoms with Crippen molar-refractivity contribution in [2.24, 2.45) is 11.3 Å². The van der Waals surface area contributed by atoms with E-state index in [1.807, 2.05) is 0 Å². The van der Waals surface area contributed by atoms with E-state index in [4.69, 9.17) is 16.7 Å². The molecule has 0 aliphatic rings. The van der Waals surface area contributed by atoms with Crippen LogP contribution in [0, 0.1) is 23.2 Å². The van der Waals surface area contributed by atoms with Gasteiger partial charge in [0.15, 0.2) is 0 Å². The highest BCUT2D eigenvalue weighted by Crippen LogP contribution is 2.28. The maximum absolute atomic E-state index is 12.1. The molecule has 0 bridgehead atoms. The maximum atomic E-state index is 12.1. The Balaban J connectivity index is 2.85. The number of carbonyl (C=O) groups excluding carboxylic acids is 1. The monoisotopic (exact) mass is 307 g/mol. The van der Waals surface area contributed by atoms with Gasteiger partial charge in [0.25, 0.3) is 0 Å². The van der Waals surface area contributed by atoms with E-state index < -0.39 is 0 Å². The Kier molecular flexibility index (Phi) is 6.26. The molecule has 0 radical (unpaired) electrons. The van der Waals surface area contributed by atoms with E-state index in [0.29, 0.717) is 22.7 Å². The molecular weight excluding hydrogens is 286 g/mol. The first-order chi connectivity index (χ1) is 9.74. The van der Waals surface area contributed by atoms with Crippen molar-refractivity contribution in [1.82, 2.24) is 0 Å². The molecule has 4 heteroatoms. The van der Waals surface area contributed by atoms with Crippen LogP contribution in [0.1, 0.15) is 39.7 Å². The number of anilines is 1. The van der Waals surface area contributed by atoms with E-state index >= 15 is 0 Å². The van der Waals surface area contributed by atoms with Gasteiger partial charge in [0, 0.05) is 17.0 Å². The summed E-state index contributed by atoms with van der Waals surface area (Å²) >= 11 is 5.93. The fourth-order valence-corrected chi connectivity index (χ4v) is 1.82. The lowest BCUT2D eigenvalue weighted by atomic mass is 9.80. The predicted molar refractivity (Wildman–Crippen MR) is 87.3 cm³/mol. The third kappa shape index (κ3) is 5.79. The van der Waals surface area contributed by atoms with Crippen molar-refractivity contribution in [2.45, 2.75) is 34.1 Å². The molecule has 0 aromatic heterocycles. The van der Waals surface area contributed by atoms with Crippen LogP contribution in [0.4, 0.5) is 5.69 Å². The number of halogens is 1. The van der Waals surface area contributed by atoms with Gasteiger partial charge in [-0.1, -0.05) is 51.1 Å². The number of carbonyl (C=O) groups is 1. The Hall–Kier alpha value is -1.50. The van der Waals surface area contributed by atoms with Crippen LogP contribution in [0.2, 0.25) is 5.02 Å². The average Bonchev–Trinajstić information content (AvgIpc) is 2.37. The summed E-state index contributed by atoms with van der Waals surface area (Å²) in [6.07, 6.45) is 0.443. The smallest absolute Gasteiger partial charge is 0.224 e. The predicted octanol–water partition coefficient (Wildman–Crippen LogP) is 3.69. The molecule has 114 valence electrons. The molecule has 1 atom stereocenters. The molecule has 0 saturated carbocycles. The normalized spacial score (nSPS) is 12.3. The highest BCUT2D eigenvalue weighted by Gasteiger charge is 2.22. The summed E-state index contributed by atoms with van der Waals surface area (Å²) in [6.45, 7) is 8.18. The summed E-state index contributed by atoms with van der Waals surface area (Å²) in [6, 6.07) is 5.10. The summed E-state index contributed by atoms with van der Waals surface area (Å²) in [5.41, 5.74) is 1.30. The third-order valence-corrected chi connectivity index (χ3v) is 3.76. The van der Waals surface area contributed by atoms with Gasteiger partial charge in [-0.15, -0.1) is 0 Å². The Labute approximate surface area is 131 Å². The lowest BCUT2D eigenvalue weighted by Crippen LogP contribution is -2.24. The standard InChI is InChI=1S/C17H22ClNO2/c1-12(17(2,3)4)10-16(21)19-15-8-7-14(18)11-13(15)6-5-9-20/h7-8,11-12,20H,9-10H2,1-4H3,(H,19,21). The molecule has 0 spiro atoms. The highest BCUT2D eigenvalue weighted by molar-refractivity contribution is 6.30. The van der Waals surface area contributed by atoms with Gasteiger partial charge in [-0.25, -0.2) is 0 Å². The fraction of sp³-hybridized carbons (Fsp3) is 0.471. The molecule has 0 saturated heterocycles. The zero-order valence-corrected chi connectivity index (χ0v) is 13.7. The topological polar surface area (TPSA) is 49.3 Å². The molecule has 0 heterocycles. The maximum Gasteiger partial charge on any atom is 0.224 e. The minimum absolute atomic E-state index is 0.0493. The summed E-state index contributed by atoms with van der Waals surface area (Å²) < 4.78 is 0. The zero-order chi connectivity index (χ0) is 16.0. The summed E-state index contributed by atoms with van der Waals surface area (Å²) in [5.74, 6) is 5.57. The van der Waals surface area contributed by atoms with Crippen molar-refractivity contribution in [3.63, 3.8) is 0 Å². The number of aliphatic hydroxyl groups is 1. The molecule has 1 aromatic carbocycles. The Bertz CT molecular complexity index is 564. The molecule has 1 unspecified atom stereocenters. The Morgan fingerprint density at radius 3 is 2.67 bits per heavy atom. The van der Waals surface area contributed by atoms with Crippen LogP contribution in [0.5, 0.6) is 0 Å². The molecule has 21 heavy (non-hydrogen) atoms. The van der Waals surface area contributed by atoms with Crippen LogP contribution in [-0.4, -0.2) is 17.6 Å². The quantitative estimate of drug-likeness (QED) is 0.837. The van der Waals surface area contributed by atoms with Gasteiger partial charge in [-0.3, -0.25) is 4.79 Å². The number of benzene rings is 1. The fourth-order valence-electron chi connectivity index (χ4n) is 1.65. The van der Waals surface area contributed by atoms with E-state index in [1.54, 1.807) is 18.2 Å². The second-order valence-electron chi connectivity index (χ2n) is 6.17. The highest BCUT2D eigenvalue weighted by atomic mass is 35.5. The Morgan fingerprint density at radius 2 is 2.10 bits per heavy atom. The van der Waals surface area contributed by atoms with E-state index in [0.717, 1.165) is 0 Å². The first kappa shape index (κ1) is 17.6. The molecule has 3 nitrogen and oxygen atoms in total. The molecule has 1 aromatic rings. The van der Waals surface area contributed by atoms with E-state index in [9.17, 15) is 4.79 Å². The van der Waals surface area contributed by atoms with Gasteiger partial charge in [-0.2, -0.15) is 0 Å². The summed E-state index contributed by atoms with van der Waals surface area (Å²) in [5, 5.41) is 12.2. The molecule has 1 amide bonds. The van der Waals surface area contributed by atoms with Crippen LogP contribution >= 0.6 is 11.6 Å². The van der Waals surface area contributed by atoms with Gasteiger partial charge < -0.3 is 10.4 Å². The minimum atomic E-state index is -0.235. The number of nitrogens with one attached hydrogen (secondary N) is 1. The summed E-state index contributed by atoms with van der Waals surface area (Å²) in [4.78, 5) is 12.1. The van der Waals surface area contributed by atoms with Gasteiger partial charge in [-0.05, 0) is 29.5 Å². The average molecular weight is 308 g/mol. The first-order valence-corrected chi connectivity index (χ1v) is 7.31. The second-order valence-corrected chi connectivity index (χ2v) is 6.61. The molecular formula is C17H22ClNO2. The van der Waals surface area contributed by atoms with Crippen LogP contribution in [-0.2, 0) is 4.79 Å². The van der Waals surface area contributed by atoms with Gasteiger partial charge in [0.05, 0.1) is 5.69 Å². The van der Waals surface area contributed by atoms with Crippen molar-refractivity contribution < 1.29 is 9.90 Å². The number of aliphatic hydroxyl groups excluding tert-OH is 1. The minimum Gasteiger partial charge on any atom is -0.384 e. The largest absolute Gasteiger partial charge is 0.384 e. The van der Waals surface area contributed by atoms with Crippen molar-refractivity contribution in [3.8, 4) is 11.8 Å². The molecule has 2 N–H and O–H groups in total. The van der Waals surface area contributed by atoms with Crippen LogP contribution in [0.25, 0.3) is 0 Å². The van der Waals surface area contributed by atoms with Crippen LogP contribution < -0.4 is 5.32 Å². The molecule has 0 aliphatic heterocycles. The number of hydrogen-bond donors (Lipinski definition) is 2. The number of hydrogen-bond acceptors (Lipinski definition) is 2. The van der Waals surface area contributed by atoms with Crippen LogP contribution in [0.3, 0.4) is 0 Å². The molecule has 1 rings (SSSR count). The van der Waals surface area contributed by atoms with Crippen LogP contribution in [0.15, 0.2) is 18.2 Å². The van der Waals surface area contributed by atoms with Crippen molar-refractivity contribution in [1.29, 1.82) is 0 Å². The second kappa shape index (κ2) is 7.49.